The maximum Gasteiger partial charge on any atom is 0.239 e. The Morgan fingerprint density at radius 2 is 1.62 bits per heavy atom. The number of piperazine rings is 1. The fourth-order valence-corrected chi connectivity index (χ4v) is 4.34. The van der Waals surface area contributed by atoms with Gasteiger partial charge in [-0.15, -0.1) is 0 Å². The van der Waals surface area contributed by atoms with Crippen LogP contribution in [0.15, 0.2) is 60.7 Å². The van der Waals surface area contributed by atoms with Crippen molar-refractivity contribution >= 4 is 12.0 Å². The van der Waals surface area contributed by atoms with E-state index in [0.29, 0.717) is 0 Å². The molecular formula is C25H31N3O. The summed E-state index contributed by atoms with van der Waals surface area (Å²) in [7, 11) is 0. The first-order valence-corrected chi connectivity index (χ1v) is 10.7. The van der Waals surface area contributed by atoms with E-state index in [2.05, 4.69) is 77.4 Å². The molecule has 0 unspecified atom stereocenters. The van der Waals surface area contributed by atoms with E-state index < -0.39 is 0 Å². The van der Waals surface area contributed by atoms with Crippen LogP contribution in [0.5, 0.6) is 0 Å². The molecule has 0 radical (unpaired) electrons. The Balaban J connectivity index is 1.25. The van der Waals surface area contributed by atoms with Crippen molar-refractivity contribution in [1.29, 1.82) is 0 Å². The van der Waals surface area contributed by atoms with Gasteiger partial charge in [-0.3, -0.25) is 14.6 Å². The Morgan fingerprint density at radius 3 is 2.38 bits per heavy atom. The van der Waals surface area contributed by atoms with Gasteiger partial charge in [0.2, 0.25) is 5.91 Å². The van der Waals surface area contributed by atoms with Crippen LogP contribution in [-0.4, -0.2) is 65.9 Å². The molecular weight excluding hydrogens is 358 g/mol. The molecule has 1 atom stereocenters. The van der Waals surface area contributed by atoms with Crippen LogP contribution in [0.2, 0.25) is 0 Å². The van der Waals surface area contributed by atoms with Crippen LogP contribution in [0.25, 0.3) is 6.08 Å². The number of rotatable bonds is 5. The first-order chi connectivity index (χ1) is 14.2. The molecule has 0 saturated carbocycles. The molecule has 4 heteroatoms. The molecule has 2 aliphatic heterocycles. The first kappa shape index (κ1) is 19.9. The van der Waals surface area contributed by atoms with Crippen LogP contribution in [0.3, 0.4) is 0 Å². The number of hydrogen-bond acceptors (Lipinski definition) is 3. The number of hydrogen-bond donors (Lipinski definition) is 0. The van der Waals surface area contributed by atoms with Crippen LogP contribution < -0.4 is 0 Å². The topological polar surface area (TPSA) is 26.8 Å². The van der Waals surface area contributed by atoms with Gasteiger partial charge < -0.3 is 4.90 Å². The minimum atomic E-state index is -0.0396. The van der Waals surface area contributed by atoms with Crippen LogP contribution in [-0.2, 0) is 17.8 Å². The molecule has 2 aromatic carbocycles. The number of carbonyl (C=O) groups is 1. The highest BCUT2D eigenvalue weighted by Crippen LogP contribution is 2.20. The summed E-state index contributed by atoms with van der Waals surface area (Å²) in [5.41, 5.74) is 3.93. The number of nitrogens with zero attached hydrogens (tertiary/aromatic N) is 3. The summed E-state index contributed by atoms with van der Waals surface area (Å²) in [5, 5.41) is 0. The van der Waals surface area contributed by atoms with Crippen molar-refractivity contribution in [2.75, 3.05) is 39.3 Å². The second-order valence-corrected chi connectivity index (χ2v) is 8.10. The second kappa shape index (κ2) is 9.38. The van der Waals surface area contributed by atoms with Crippen molar-refractivity contribution in [3.63, 3.8) is 0 Å². The van der Waals surface area contributed by atoms with Gasteiger partial charge in [0, 0.05) is 45.8 Å². The molecule has 4 rings (SSSR count). The number of carbonyl (C=O) groups excluding carboxylic acids is 1. The lowest BCUT2D eigenvalue weighted by atomic mass is 9.99. The van der Waals surface area contributed by atoms with Crippen molar-refractivity contribution in [3.05, 3.63) is 77.4 Å². The number of benzene rings is 2. The van der Waals surface area contributed by atoms with Gasteiger partial charge in [0.25, 0.3) is 0 Å². The van der Waals surface area contributed by atoms with Gasteiger partial charge in [-0.2, -0.15) is 0 Å². The van der Waals surface area contributed by atoms with Crippen molar-refractivity contribution < 1.29 is 4.79 Å². The van der Waals surface area contributed by atoms with E-state index in [1.54, 1.807) is 0 Å². The molecule has 29 heavy (non-hydrogen) atoms. The summed E-state index contributed by atoms with van der Waals surface area (Å²) in [6, 6.07) is 18.9. The van der Waals surface area contributed by atoms with E-state index in [9.17, 15) is 4.79 Å². The van der Waals surface area contributed by atoms with Gasteiger partial charge in [-0.1, -0.05) is 66.7 Å². The summed E-state index contributed by atoms with van der Waals surface area (Å²) < 4.78 is 0. The maximum atomic E-state index is 13.1. The fraction of sp³-hybridized carbons (Fsp3) is 0.400. The van der Waals surface area contributed by atoms with Crippen molar-refractivity contribution in [2.24, 2.45) is 0 Å². The summed E-state index contributed by atoms with van der Waals surface area (Å²) in [4.78, 5) is 19.9. The average molecular weight is 390 g/mol. The van der Waals surface area contributed by atoms with Crippen LogP contribution in [0, 0.1) is 0 Å². The lowest BCUT2D eigenvalue weighted by molar-refractivity contribution is -0.138. The monoisotopic (exact) mass is 389 g/mol. The molecule has 1 amide bonds. The van der Waals surface area contributed by atoms with Gasteiger partial charge in [-0.25, -0.2) is 0 Å². The lowest BCUT2D eigenvalue weighted by Gasteiger charge is -2.39. The minimum Gasteiger partial charge on any atom is -0.337 e. The third-order valence-corrected chi connectivity index (χ3v) is 6.23. The van der Waals surface area contributed by atoms with Crippen LogP contribution >= 0.6 is 0 Å². The van der Waals surface area contributed by atoms with Crippen molar-refractivity contribution in [1.82, 2.24) is 14.7 Å². The predicted molar refractivity (Wildman–Crippen MR) is 119 cm³/mol. The van der Waals surface area contributed by atoms with E-state index >= 15 is 0 Å². The molecule has 1 saturated heterocycles. The zero-order chi connectivity index (χ0) is 20.1. The largest absolute Gasteiger partial charge is 0.337 e. The lowest BCUT2D eigenvalue weighted by Crippen LogP contribution is -2.55. The molecule has 2 heterocycles. The average Bonchev–Trinajstić information content (AvgIpc) is 2.79. The molecule has 1 fully saturated rings. The molecule has 4 nitrogen and oxygen atoms in total. The maximum absolute atomic E-state index is 13.1. The first-order valence-electron chi connectivity index (χ1n) is 10.7. The van der Waals surface area contributed by atoms with Gasteiger partial charge in [0.1, 0.15) is 0 Å². The number of amides is 1. The van der Waals surface area contributed by atoms with Gasteiger partial charge in [0.15, 0.2) is 0 Å². The van der Waals surface area contributed by atoms with Crippen LogP contribution in [0.4, 0.5) is 0 Å². The number of fused-ring (bicyclic) bond motifs is 1. The van der Waals surface area contributed by atoms with E-state index in [4.69, 9.17) is 0 Å². The Morgan fingerprint density at radius 1 is 0.931 bits per heavy atom. The SMILES string of the molecule is C[C@H](C(=O)N1CCc2ccccc2C1)N1CCN(C/C=C/c2ccccc2)CC1. The van der Waals surface area contributed by atoms with E-state index in [1.165, 1.54) is 16.7 Å². The molecule has 0 bridgehead atoms. The summed E-state index contributed by atoms with van der Waals surface area (Å²) in [5.74, 6) is 0.275. The normalized spacial score (nSPS) is 19.3. The fourth-order valence-electron chi connectivity index (χ4n) is 4.34. The zero-order valence-corrected chi connectivity index (χ0v) is 17.3. The highest BCUT2D eigenvalue weighted by Gasteiger charge is 2.30. The second-order valence-electron chi connectivity index (χ2n) is 8.10. The Hall–Kier alpha value is -2.43. The Kier molecular flexibility index (Phi) is 6.43. The zero-order valence-electron chi connectivity index (χ0n) is 17.3. The molecule has 0 spiro atoms. The van der Waals surface area contributed by atoms with E-state index in [0.717, 1.165) is 52.2 Å². The Bertz CT molecular complexity index is 840. The molecule has 0 aliphatic carbocycles. The molecule has 2 aliphatic rings. The molecule has 0 aromatic heterocycles. The third-order valence-electron chi connectivity index (χ3n) is 6.23. The van der Waals surface area contributed by atoms with Gasteiger partial charge in [-0.05, 0) is 30.0 Å². The molecule has 2 aromatic rings. The highest BCUT2D eigenvalue weighted by molar-refractivity contribution is 5.81. The van der Waals surface area contributed by atoms with E-state index in [-0.39, 0.29) is 11.9 Å². The highest BCUT2D eigenvalue weighted by atomic mass is 16.2. The summed E-state index contributed by atoms with van der Waals surface area (Å²) >= 11 is 0. The summed E-state index contributed by atoms with van der Waals surface area (Å²) in [6.45, 7) is 8.57. The van der Waals surface area contributed by atoms with Crippen molar-refractivity contribution in [2.45, 2.75) is 25.9 Å². The van der Waals surface area contributed by atoms with Gasteiger partial charge >= 0.3 is 0 Å². The van der Waals surface area contributed by atoms with Crippen molar-refractivity contribution in [3.8, 4) is 0 Å². The molecule has 152 valence electrons. The Labute approximate surface area is 174 Å². The van der Waals surface area contributed by atoms with E-state index in [1.807, 2.05) is 11.0 Å². The smallest absolute Gasteiger partial charge is 0.239 e. The predicted octanol–water partition coefficient (Wildman–Crippen LogP) is 3.29. The molecule has 0 N–H and O–H groups in total. The standard InChI is InChI=1S/C25H31N3O/c1-21(25(29)28-15-13-23-11-5-6-12-24(23)20-28)27-18-16-26(17-19-27)14-7-10-22-8-3-2-4-9-22/h2-12,21H,13-20H2,1H3/b10-7+/t21-/m1/s1. The minimum absolute atomic E-state index is 0.0396. The van der Waals surface area contributed by atoms with Gasteiger partial charge in [0.05, 0.1) is 6.04 Å². The van der Waals surface area contributed by atoms with Crippen LogP contribution in [0.1, 0.15) is 23.6 Å². The quantitative estimate of drug-likeness (QED) is 0.785. The summed E-state index contributed by atoms with van der Waals surface area (Å²) in [6.07, 6.45) is 5.40. The third kappa shape index (κ3) is 4.95.